The number of hydrogen-bond acceptors (Lipinski definition) is 5. The fourth-order valence-corrected chi connectivity index (χ4v) is 4.83. The van der Waals surface area contributed by atoms with Gasteiger partial charge in [0.1, 0.15) is 0 Å². The fourth-order valence-electron chi connectivity index (χ4n) is 4.83. The largest absolute Gasteiger partial charge is 0.355 e. The van der Waals surface area contributed by atoms with Crippen molar-refractivity contribution in [3.8, 4) is 0 Å². The van der Waals surface area contributed by atoms with Crippen molar-refractivity contribution in [3.63, 3.8) is 0 Å². The van der Waals surface area contributed by atoms with Gasteiger partial charge in [-0.15, -0.1) is 10.2 Å². The Hall–Kier alpha value is -1.69. The minimum absolute atomic E-state index is 0.0610. The highest BCUT2D eigenvalue weighted by Crippen LogP contribution is 2.30. The highest BCUT2D eigenvalue weighted by atomic mass is 16.2. The van der Waals surface area contributed by atoms with E-state index in [1.165, 1.54) is 32.2 Å². The topological polar surface area (TPSA) is 52.6 Å². The van der Waals surface area contributed by atoms with E-state index in [0.717, 1.165) is 44.8 Å². The van der Waals surface area contributed by atoms with E-state index in [-0.39, 0.29) is 5.91 Å². The molecule has 0 aliphatic carbocycles. The van der Waals surface area contributed by atoms with Crippen molar-refractivity contribution in [1.82, 2.24) is 20.0 Å². The van der Waals surface area contributed by atoms with Gasteiger partial charge in [0.2, 0.25) is 0 Å². The van der Waals surface area contributed by atoms with Gasteiger partial charge in [0.05, 0.1) is 0 Å². The summed E-state index contributed by atoms with van der Waals surface area (Å²) < 4.78 is 0. The molecule has 1 aromatic heterocycles. The number of anilines is 1. The monoisotopic (exact) mass is 343 g/mol. The second-order valence-corrected chi connectivity index (χ2v) is 7.52. The SMILES string of the molecule is CCN1CCC[C@@H]1[C@@H]1CCCN1C(=O)c1ccc(N2CCCC2)nn1. The normalized spacial score (nSPS) is 27.4. The average molecular weight is 343 g/mol. The van der Waals surface area contributed by atoms with E-state index in [2.05, 4.69) is 31.8 Å². The maximum absolute atomic E-state index is 13.0. The molecule has 1 amide bonds. The molecule has 0 spiro atoms. The van der Waals surface area contributed by atoms with Gasteiger partial charge in [-0.2, -0.15) is 0 Å². The predicted molar refractivity (Wildman–Crippen MR) is 97.8 cm³/mol. The van der Waals surface area contributed by atoms with E-state index in [0.29, 0.717) is 17.8 Å². The van der Waals surface area contributed by atoms with Crippen molar-refractivity contribution in [1.29, 1.82) is 0 Å². The molecule has 0 aromatic carbocycles. The van der Waals surface area contributed by atoms with E-state index in [4.69, 9.17) is 0 Å². The Kier molecular flexibility index (Phi) is 4.88. The maximum Gasteiger partial charge on any atom is 0.274 e. The molecule has 2 atom stereocenters. The van der Waals surface area contributed by atoms with Crippen LogP contribution in [0.3, 0.4) is 0 Å². The number of carbonyl (C=O) groups is 1. The van der Waals surface area contributed by atoms with Gasteiger partial charge in [-0.05, 0) is 63.7 Å². The lowest BCUT2D eigenvalue weighted by molar-refractivity contribution is 0.0643. The van der Waals surface area contributed by atoms with Gasteiger partial charge in [0.25, 0.3) is 5.91 Å². The number of aromatic nitrogens is 2. The van der Waals surface area contributed by atoms with Crippen molar-refractivity contribution in [3.05, 3.63) is 17.8 Å². The second-order valence-electron chi connectivity index (χ2n) is 7.52. The number of nitrogens with zero attached hydrogens (tertiary/aromatic N) is 5. The van der Waals surface area contributed by atoms with E-state index < -0.39 is 0 Å². The van der Waals surface area contributed by atoms with Crippen molar-refractivity contribution in [2.45, 2.75) is 57.5 Å². The standard InChI is InChI=1S/C19H29N5O/c1-2-22-13-5-7-16(22)17-8-6-14-24(17)19(25)15-9-10-18(21-20-15)23-11-3-4-12-23/h9-10,16-17H,2-8,11-14H2,1H3/t16-,17+/m1/s1. The smallest absolute Gasteiger partial charge is 0.274 e. The van der Waals surface area contributed by atoms with Crippen LogP contribution in [-0.4, -0.2) is 70.7 Å². The van der Waals surface area contributed by atoms with Crippen LogP contribution in [0.5, 0.6) is 0 Å². The third kappa shape index (κ3) is 3.24. The van der Waals surface area contributed by atoms with E-state index >= 15 is 0 Å². The average Bonchev–Trinajstić information content (AvgIpc) is 3.41. The van der Waals surface area contributed by atoms with Crippen LogP contribution in [0, 0.1) is 0 Å². The maximum atomic E-state index is 13.0. The molecule has 0 bridgehead atoms. The molecule has 3 aliphatic heterocycles. The molecule has 4 rings (SSSR count). The Morgan fingerprint density at radius 2 is 1.76 bits per heavy atom. The number of likely N-dealkylation sites (N-methyl/N-ethyl adjacent to an activating group) is 1. The van der Waals surface area contributed by atoms with Crippen molar-refractivity contribution in [2.75, 3.05) is 37.6 Å². The summed E-state index contributed by atoms with van der Waals surface area (Å²) in [4.78, 5) is 19.9. The lowest BCUT2D eigenvalue weighted by atomic mass is 10.0. The summed E-state index contributed by atoms with van der Waals surface area (Å²) in [6.07, 6.45) is 7.11. The molecule has 6 nitrogen and oxygen atoms in total. The molecule has 0 N–H and O–H groups in total. The number of carbonyl (C=O) groups excluding carboxylic acids is 1. The molecule has 3 aliphatic rings. The molecule has 6 heteroatoms. The number of rotatable bonds is 4. The molecule has 3 saturated heterocycles. The third-order valence-corrected chi connectivity index (χ3v) is 6.12. The molecule has 0 radical (unpaired) electrons. The predicted octanol–water partition coefficient (Wildman–Crippen LogP) is 2.17. The highest BCUT2D eigenvalue weighted by Gasteiger charge is 2.39. The first kappa shape index (κ1) is 16.8. The van der Waals surface area contributed by atoms with Gasteiger partial charge in [-0.1, -0.05) is 6.92 Å². The first-order valence-corrected chi connectivity index (χ1v) is 9.91. The molecule has 0 unspecified atom stereocenters. The number of hydrogen-bond donors (Lipinski definition) is 0. The van der Waals surface area contributed by atoms with E-state index in [9.17, 15) is 4.79 Å². The van der Waals surface area contributed by atoms with E-state index in [1.54, 1.807) is 0 Å². The van der Waals surface area contributed by atoms with Crippen LogP contribution in [0.1, 0.15) is 55.9 Å². The molecule has 1 aromatic rings. The van der Waals surface area contributed by atoms with Crippen molar-refractivity contribution in [2.24, 2.45) is 0 Å². The molecule has 25 heavy (non-hydrogen) atoms. The molecule has 3 fully saturated rings. The zero-order valence-electron chi connectivity index (χ0n) is 15.2. The Morgan fingerprint density at radius 1 is 1.00 bits per heavy atom. The number of likely N-dealkylation sites (tertiary alicyclic amines) is 2. The van der Waals surface area contributed by atoms with E-state index in [1.807, 2.05) is 12.1 Å². The third-order valence-electron chi connectivity index (χ3n) is 6.12. The first-order chi connectivity index (χ1) is 12.3. The minimum Gasteiger partial charge on any atom is -0.355 e. The van der Waals surface area contributed by atoms with Crippen LogP contribution in [0.25, 0.3) is 0 Å². The highest BCUT2D eigenvalue weighted by molar-refractivity contribution is 5.92. The summed E-state index contributed by atoms with van der Waals surface area (Å²) in [5.41, 5.74) is 0.496. The molecule has 0 saturated carbocycles. The molecular weight excluding hydrogens is 314 g/mol. The zero-order valence-corrected chi connectivity index (χ0v) is 15.2. The molecule has 4 heterocycles. The summed E-state index contributed by atoms with van der Waals surface area (Å²) in [6.45, 7) is 7.42. The Morgan fingerprint density at radius 3 is 2.48 bits per heavy atom. The summed E-state index contributed by atoms with van der Waals surface area (Å²) in [7, 11) is 0. The molecular formula is C19H29N5O. The van der Waals surface area contributed by atoms with Gasteiger partial charge in [-0.3, -0.25) is 9.69 Å². The van der Waals surface area contributed by atoms with Crippen molar-refractivity contribution >= 4 is 11.7 Å². The Balaban J connectivity index is 1.47. The first-order valence-electron chi connectivity index (χ1n) is 9.91. The van der Waals surface area contributed by atoms with Crippen LogP contribution in [0.4, 0.5) is 5.82 Å². The Labute approximate surface area is 150 Å². The Bertz CT molecular complexity index is 598. The van der Waals surface area contributed by atoms with Gasteiger partial charge in [-0.25, -0.2) is 0 Å². The van der Waals surface area contributed by atoms with Crippen LogP contribution in [-0.2, 0) is 0 Å². The van der Waals surface area contributed by atoms with Crippen LogP contribution >= 0.6 is 0 Å². The lowest BCUT2D eigenvalue weighted by Gasteiger charge is -2.34. The van der Waals surface area contributed by atoms with Gasteiger partial charge in [0, 0.05) is 31.7 Å². The summed E-state index contributed by atoms with van der Waals surface area (Å²) >= 11 is 0. The minimum atomic E-state index is 0.0610. The summed E-state index contributed by atoms with van der Waals surface area (Å²) in [5.74, 6) is 0.964. The van der Waals surface area contributed by atoms with Crippen LogP contribution in [0.2, 0.25) is 0 Å². The second kappa shape index (κ2) is 7.28. The van der Waals surface area contributed by atoms with Gasteiger partial charge >= 0.3 is 0 Å². The number of amides is 1. The zero-order chi connectivity index (χ0) is 17.2. The van der Waals surface area contributed by atoms with Crippen LogP contribution in [0.15, 0.2) is 12.1 Å². The van der Waals surface area contributed by atoms with Gasteiger partial charge < -0.3 is 9.80 Å². The molecule has 136 valence electrons. The fraction of sp³-hybridized carbons (Fsp3) is 0.737. The van der Waals surface area contributed by atoms with Crippen LogP contribution < -0.4 is 4.90 Å². The quantitative estimate of drug-likeness (QED) is 0.839. The van der Waals surface area contributed by atoms with Gasteiger partial charge in [0.15, 0.2) is 11.5 Å². The summed E-state index contributed by atoms with van der Waals surface area (Å²) in [5, 5.41) is 8.60. The summed E-state index contributed by atoms with van der Waals surface area (Å²) in [6, 6.07) is 4.69. The lowest BCUT2D eigenvalue weighted by Crippen LogP contribution is -2.48. The van der Waals surface area contributed by atoms with Crippen molar-refractivity contribution < 1.29 is 4.79 Å².